The molecule has 1 heteroatoms. The first-order chi connectivity index (χ1) is 6.34. The van der Waals surface area contributed by atoms with Crippen molar-refractivity contribution in [3.63, 3.8) is 0 Å². The van der Waals surface area contributed by atoms with Crippen molar-refractivity contribution in [1.29, 1.82) is 0 Å². The number of rotatable bonds is 0. The molecule has 2 aliphatic carbocycles. The van der Waals surface area contributed by atoms with Gasteiger partial charge in [0.2, 0.25) is 0 Å². The third kappa shape index (κ3) is 0.932. The molecule has 1 nitrogen and oxygen atoms in total. The fourth-order valence-corrected chi connectivity index (χ4v) is 2.58. The highest BCUT2D eigenvalue weighted by Crippen LogP contribution is 2.43. The van der Waals surface area contributed by atoms with Gasteiger partial charge in [0.05, 0.1) is 0 Å². The molecule has 0 amide bonds. The summed E-state index contributed by atoms with van der Waals surface area (Å²) in [6.07, 6.45) is 6.85. The minimum atomic E-state index is 0.482. The molecular weight excluding hydrogens is 160 g/mol. The van der Waals surface area contributed by atoms with E-state index in [0.717, 1.165) is 6.42 Å². The van der Waals surface area contributed by atoms with Crippen LogP contribution in [-0.2, 0) is 6.42 Å². The number of fused-ring (bicyclic) bond motifs is 4. The first-order valence-electron chi connectivity index (χ1n) is 4.83. The Balaban J connectivity index is 2.20. The highest BCUT2D eigenvalue weighted by atomic mass is 16.3. The molecule has 66 valence electrons. The molecule has 1 aromatic rings. The Morgan fingerprint density at radius 3 is 3.08 bits per heavy atom. The molecular formula is C12H12O. The van der Waals surface area contributed by atoms with E-state index in [1.165, 1.54) is 17.5 Å². The van der Waals surface area contributed by atoms with Crippen LogP contribution in [-0.4, -0.2) is 5.11 Å². The van der Waals surface area contributed by atoms with Crippen molar-refractivity contribution in [1.82, 2.24) is 0 Å². The van der Waals surface area contributed by atoms with Gasteiger partial charge in [-0.15, -0.1) is 0 Å². The van der Waals surface area contributed by atoms with Gasteiger partial charge in [0.25, 0.3) is 0 Å². The molecule has 1 aromatic carbocycles. The standard InChI is InChI=1S/C12H12O/c13-12-3-1-2-10-9-5-4-8(6-9)7-11(10)12/h1-5,8-9,13H,6-7H2. The fraction of sp³-hybridized carbons (Fsp3) is 0.333. The summed E-state index contributed by atoms with van der Waals surface area (Å²) in [5.41, 5.74) is 2.51. The van der Waals surface area contributed by atoms with Gasteiger partial charge >= 0.3 is 0 Å². The summed E-state index contributed by atoms with van der Waals surface area (Å²) in [7, 11) is 0. The smallest absolute Gasteiger partial charge is 0.119 e. The third-order valence-corrected chi connectivity index (χ3v) is 3.23. The van der Waals surface area contributed by atoms with Crippen LogP contribution in [0.5, 0.6) is 5.75 Å². The van der Waals surface area contributed by atoms with Gasteiger partial charge in [-0.05, 0) is 36.0 Å². The second kappa shape index (κ2) is 2.38. The van der Waals surface area contributed by atoms with Gasteiger partial charge in [0.15, 0.2) is 0 Å². The zero-order chi connectivity index (χ0) is 8.84. The highest BCUT2D eigenvalue weighted by Gasteiger charge is 2.29. The molecule has 0 aromatic heterocycles. The minimum Gasteiger partial charge on any atom is -0.508 e. The Morgan fingerprint density at radius 2 is 2.15 bits per heavy atom. The van der Waals surface area contributed by atoms with Crippen LogP contribution >= 0.6 is 0 Å². The summed E-state index contributed by atoms with van der Waals surface area (Å²) < 4.78 is 0. The van der Waals surface area contributed by atoms with Gasteiger partial charge in [0.1, 0.15) is 5.75 Å². The fourth-order valence-electron chi connectivity index (χ4n) is 2.58. The first kappa shape index (κ1) is 7.19. The Kier molecular flexibility index (Phi) is 1.32. The van der Waals surface area contributed by atoms with Crippen LogP contribution in [0.2, 0.25) is 0 Å². The van der Waals surface area contributed by atoms with E-state index in [1.807, 2.05) is 6.07 Å². The molecule has 0 saturated heterocycles. The molecule has 1 N–H and O–H groups in total. The van der Waals surface area contributed by atoms with Crippen molar-refractivity contribution in [3.8, 4) is 5.75 Å². The quantitative estimate of drug-likeness (QED) is 0.596. The van der Waals surface area contributed by atoms with E-state index < -0.39 is 0 Å². The minimum absolute atomic E-state index is 0.482. The molecule has 2 atom stereocenters. The lowest BCUT2D eigenvalue weighted by Gasteiger charge is -2.23. The van der Waals surface area contributed by atoms with E-state index >= 15 is 0 Å². The number of benzene rings is 1. The van der Waals surface area contributed by atoms with Crippen LogP contribution in [0.25, 0.3) is 0 Å². The largest absolute Gasteiger partial charge is 0.508 e. The lowest BCUT2D eigenvalue weighted by molar-refractivity contribution is 0.451. The van der Waals surface area contributed by atoms with Crippen molar-refractivity contribution in [3.05, 3.63) is 41.5 Å². The summed E-state index contributed by atoms with van der Waals surface area (Å²) in [6.45, 7) is 0. The normalized spacial score (nSPS) is 28.9. The van der Waals surface area contributed by atoms with Gasteiger partial charge in [-0.3, -0.25) is 0 Å². The van der Waals surface area contributed by atoms with Crippen molar-refractivity contribution < 1.29 is 5.11 Å². The average molecular weight is 172 g/mol. The number of phenolic OH excluding ortho intramolecular Hbond substituents is 1. The maximum absolute atomic E-state index is 9.69. The maximum Gasteiger partial charge on any atom is 0.119 e. The van der Waals surface area contributed by atoms with Gasteiger partial charge in [-0.25, -0.2) is 0 Å². The molecule has 0 heterocycles. The van der Waals surface area contributed by atoms with E-state index in [0.29, 0.717) is 17.6 Å². The summed E-state index contributed by atoms with van der Waals surface area (Å²) >= 11 is 0. The molecule has 0 spiro atoms. The number of hydrogen-bond donors (Lipinski definition) is 1. The predicted molar refractivity (Wildman–Crippen MR) is 51.8 cm³/mol. The number of allylic oxidation sites excluding steroid dienone is 2. The van der Waals surface area contributed by atoms with Crippen LogP contribution in [0.15, 0.2) is 30.4 Å². The molecule has 3 rings (SSSR count). The molecule has 0 fully saturated rings. The Morgan fingerprint density at radius 1 is 1.23 bits per heavy atom. The van der Waals surface area contributed by atoms with Crippen LogP contribution < -0.4 is 0 Å². The van der Waals surface area contributed by atoms with E-state index in [9.17, 15) is 5.11 Å². The van der Waals surface area contributed by atoms with Crippen LogP contribution in [0.4, 0.5) is 0 Å². The molecule has 0 saturated carbocycles. The number of hydrogen-bond acceptors (Lipinski definition) is 1. The average Bonchev–Trinajstić information content (AvgIpc) is 2.51. The lowest BCUT2D eigenvalue weighted by Crippen LogP contribution is -2.11. The van der Waals surface area contributed by atoms with Crippen molar-refractivity contribution in [2.45, 2.75) is 18.8 Å². The van der Waals surface area contributed by atoms with E-state index in [1.54, 1.807) is 6.07 Å². The molecule has 2 unspecified atom stereocenters. The molecule has 2 bridgehead atoms. The van der Waals surface area contributed by atoms with Crippen LogP contribution in [0.3, 0.4) is 0 Å². The second-order valence-corrected chi connectivity index (χ2v) is 4.04. The van der Waals surface area contributed by atoms with E-state index in [2.05, 4.69) is 18.2 Å². The molecule has 0 aliphatic heterocycles. The Hall–Kier alpha value is -1.24. The molecule has 0 radical (unpaired) electrons. The van der Waals surface area contributed by atoms with E-state index in [-0.39, 0.29) is 0 Å². The van der Waals surface area contributed by atoms with Crippen molar-refractivity contribution in [2.24, 2.45) is 5.92 Å². The predicted octanol–water partition coefficient (Wildman–Crippen LogP) is 2.61. The molecule has 13 heavy (non-hydrogen) atoms. The van der Waals surface area contributed by atoms with Gasteiger partial charge < -0.3 is 5.11 Å². The zero-order valence-corrected chi connectivity index (χ0v) is 7.40. The van der Waals surface area contributed by atoms with Gasteiger partial charge in [-0.2, -0.15) is 0 Å². The SMILES string of the molecule is Oc1cccc2c1CC1C=CC2C1. The van der Waals surface area contributed by atoms with Crippen molar-refractivity contribution in [2.75, 3.05) is 0 Å². The molecule has 2 aliphatic rings. The summed E-state index contributed by atoms with van der Waals surface area (Å²) in [4.78, 5) is 0. The van der Waals surface area contributed by atoms with Crippen LogP contribution in [0, 0.1) is 5.92 Å². The van der Waals surface area contributed by atoms with Crippen molar-refractivity contribution >= 4 is 0 Å². The van der Waals surface area contributed by atoms with Crippen LogP contribution in [0.1, 0.15) is 23.5 Å². The second-order valence-electron chi connectivity index (χ2n) is 4.04. The third-order valence-electron chi connectivity index (χ3n) is 3.23. The Labute approximate surface area is 77.7 Å². The lowest BCUT2D eigenvalue weighted by atomic mass is 9.82. The first-order valence-corrected chi connectivity index (χ1v) is 4.83. The summed E-state index contributed by atoms with van der Waals surface area (Å²) in [6, 6.07) is 5.88. The monoisotopic (exact) mass is 172 g/mol. The zero-order valence-electron chi connectivity index (χ0n) is 7.40. The van der Waals surface area contributed by atoms with E-state index in [4.69, 9.17) is 0 Å². The maximum atomic E-state index is 9.69. The highest BCUT2D eigenvalue weighted by molar-refractivity contribution is 5.46. The Bertz CT molecular complexity index is 379. The van der Waals surface area contributed by atoms with Gasteiger partial charge in [0, 0.05) is 5.92 Å². The summed E-state index contributed by atoms with van der Waals surface area (Å²) in [5, 5.41) is 9.69. The van der Waals surface area contributed by atoms with Gasteiger partial charge in [-0.1, -0.05) is 24.3 Å². The topological polar surface area (TPSA) is 20.2 Å². The number of phenols is 1. The summed E-state index contributed by atoms with van der Waals surface area (Å²) in [5.74, 6) is 1.72. The number of aromatic hydroxyl groups is 1.